The molecule has 1 aromatic heterocycles. The lowest BCUT2D eigenvalue weighted by atomic mass is 10.2. The lowest BCUT2D eigenvalue weighted by molar-refractivity contribution is 0.101. The summed E-state index contributed by atoms with van der Waals surface area (Å²) in [5.74, 6) is -0.382. The van der Waals surface area contributed by atoms with Crippen LogP contribution in [0.15, 0.2) is 34.8 Å². The summed E-state index contributed by atoms with van der Waals surface area (Å²) < 4.78 is 0.819. The van der Waals surface area contributed by atoms with Crippen LogP contribution in [0.2, 0.25) is 0 Å². The standard InChI is InChI=1S/C14H13BrN2O2/c1-8-3-4-12(10(15)7-8)17-14(19)13-6-5-11(16-13)9(2)18/h3-7,16H,1-2H3,(H,17,19). The van der Waals surface area contributed by atoms with Crippen molar-refractivity contribution in [3.63, 3.8) is 0 Å². The zero-order valence-electron chi connectivity index (χ0n) is 10.6. The van der Waals surface area contributed by atoms with E-state index in [1.807, 2.05) is 25.1 Å². The van der Waals surface area contributed by atoms with E-state index < -0.39 is 0 Å². The topological polar surface area (TPSA) is 62.0 Å². The molecule has 1 amide bonds. The van der Waals surface area contributed by atoms with E-state index in [1.54, 1.807) is 12.1 Å². The van der Waals surface area contributed by atoms with E-state index in [9.17, 15) is 9.59 Å². The second-order valence-corrected chi connectivity index (χ2v) is 5.13. The Balaban J connectivity index is 2.18. The van der Waals surface area contributed by atoms with Crippen LogP contribution < -0.4 is 5.32 Å². The highest BCUT2D eigenvalue weighted by atomic mass is 79.9. The number of ketones is 1. The number of Topliss-reactive ketones (excluding diaryl/α,β-unsaturated/α-hetero) is 1. The second-order valence-electron chi connectivity index (χ2n) is 4.28. The molecule has 0 saturated carbocycles. The Bertz CT molecular complexity index is 647. The van der Waals surface area contributed by atoms with Gasteiger partial charge in [-0.2, -0.15) is 0 Å². The maximum Gasteiger partial charge on any atom is 0.272 e. The third kappa shape index (κ3) is 3.12. The Morgan fingerprint density at radius 3 is 2.42 bits per heavy atom. The first-order chi connectivity index (χ1) is 8.97. The van der Waals surface area contributed by atoms with E-state index in [-0.39, 0.29) is 11.7 Å². The summed E-state index contributed by atoms with van der Waals surface area (Å²) in [6, 6.07) is 8.85. The fourth-order valence-corrected chi connectivity index (χ4v) is 2.24. The van der Waals surface area contributed by atoms with Crippen LogP contribution in [0.4, 0.5) is 5.69 Å². The predicted octanol–water partition coefficient (Wildman–Crippen LogP) is 3.54. The first-order valence-corrected chi connectivity index (χ1v) is 6.54. The maximum absolute atomic E-state index is 12.0. The summed E-state index contributed by atoms with van der Waals surface area (Å²) in [5.41, 5.74) is 2.57. The first kappa shape index (κ1) is 13.5. The minimum atomic E-state index is -0.281. The van der Waals surface area contributed by atoms with Crippen molar-refractivity contribution in [1.82, 2.24) is 4.98 Å². The molecule has 0 aliphatic heterocycles. The van der Waals surface area contributed by atoms with Gasteiger partial charge in [-0.1, -0.05) is 6.07 Å². The number of anilines is 1. The smallest absolute Gasteiger partial charge is 0.272 e. The van der Waals surface area contributed by atoms with Crippen molar-refractivity contribution in [2.75, 3.05) is 5.32 Å². The normalized spacial score (nSPS) is 10.3. The van der Waals surface area contributed by atoms with Crippen molar-refractivity contribution >= 4 is 33.3 Å². The van der Waals surface area contributed by atoms with E-state index in [1.165, 1.54) is 6.92 Å². The summed E-state index contributed by atoms with van der Waals surface area (Å²) in [4.78, 5) is 26.0. The van der Waals surface area contributed by atoms with Gasteiger partial charge in [0.2, 0.25) is 0 Å². The average molecular weight is 321 g/mol. The maximum atomic E-state index is 12.0. The van der Waals surface area contributed by atoms with Crippen LogP contribution in [0, 0.1) is 6.92 Å². The Labute approximate surface area is 119 Å². The quantitative estimate of drug-likeness (QED) is 0.850. The molecule has 0 radical (unpaired) electrons. The molecule has 19 heavy (non-hydrogen) atoms. The van der Waals surface area contributed by atoms with Gasteiger partial charge in [-0.05, 0) is 52.7 Å². The summed E-state index contributed by atoms with van der Waals surface area (Å²) in [6.07, 6.45) is 0. The highest BCUT2D eigenvalue weighted by Crippen LogP contribution is 2.23. The van der Waals surface area contributed by atoms with E-state index in [2.05, 4.69) is 26.2 Å². The van der Waals surface area contributed by atoms with E-state index in [4.69, 9.17) is 0 Å². The number of hydrogen-bond donors (Lipinski definition) is 2. The highest BCUT2D eigenvalue weighted by Gasteiger charge is 2.11. The number of aromatic nitrogens is 1. The van der Waals surface area contributed by atoms with Crippen molar-refractivity contribution < 1.29 is 9.59 Å². The van der Waals surface area contributed by atoms with Crippen LogP contribution >= 0.6 is 15.9 Å². The van der Waals surface area contributed by atoms with Crippen molar-refractivity contribution in [2.45, 2.75) is 13.8 Å². The van der Waals surface area contributed by atoms with Crippen LogP contribution in [0.3, 0.4) is 0 Å². The molecule has 0 atom stereocenters. The minimum absolute atomic E-state index is 0.101. The lowest BCUT2D eigenvalue weighted by Crippen LogP contribution is -2.13. The van der Waals surface area contributed by atoms with Gasteiger partial charge < -0.3 is 10.3 Å². The highest BCUT2D eigenvalue weighted by molar-refractivity contribution is 9.10. The van der Waals surface area contributed by atoms with Gasteiger partial charge in [0, 0.05) is 11.4 Å². The summed E-state index contributed by atoms with van der Waals surface area (Å²) >= 11 is 3.40. The minimum Gasteiger partial charge on any atom is -0.348 e. The fraction of sp³-hybridized carbons (Fsp3) is 0.143. The number of benzene rings is 1. The summed E-state index contributed by atoms with van der Waals surface area (Å²) in [7, 11) is 0. The van der Waals surface area contributed by atoms with Crippen LogP contribution in [0.25, 0.3) is 0 Å². The average Bonchev–Trinajstić information content (AvgIpc) is 2.82. The van der Waals surface area contributed by atoms with E-state index in [0.717, 1.165) is 10.0 Å². The second kappa shape index (κ2) is 5.40. The van der Waals surface area contributed by atoms with Crippen LogP contribution in [0.5, 0.6) is 0 Å². The van der Waals surface area contributed by atoms with Gasteiger partial charge in [0.05, 0.1) is 11.4 Å². The predicted molar refractivity (Wildman–Crippen MR) is 77.6 cm³/mol. The van der Waals surface area contributed by atoms with Gasteiger partial charge in [-0.15, -0.1) is 0 Å². The molecule has 4 nitrogen and oxygen atoms in total. The number of H-pyrrole nitrogens is 1. The van der Waals surface area contributed by atoms with E-state index >= 15 is 0 Å². The molecule has 2 N–H and O–H groups in total. The molecule has 0 bridgehead atoms. The first-order valence-electron chi connectivity index (χ1n) is 5.75. The number of hydrogen-bond acceptors (Lipinski definition) is 2. The molecule has 2 aromatic rings. The summed E-state index contributed by atoms with van der Waals surface area (Å²) in [6.45, 7) is 3.42. The molecular formula is C14H13BrN2O2. The SMILES string of the molecule is CC(=O)c1ccc(C(=O)Nc2ccc(C)cc2Br)[nH]1. The molecule has 0 aliphatic rings. The number of halogens is 1. The number of rotatable bonds is 3. The molecule has 0 spiro atoms. The van der Waals surface area contributed by atoms with Crippen molar-refractivity contribution in [2.24, 2.45) is 0 Å². The van der Waals surface area contributed by atoms with Crippen molar-refractivity contribution in [3.8, 4) is 0 Å². The Morgan fingerprint density at radius 1 is 1.16 bits per heavy atom. The van der Waals surface area contributed by atoms with Crippen molar-refractivity contribution in [1.29, 1.82) is 0 Å². The Hall–Kier alpha value is -1.88. The molecule has 98 valence electrons. The molecule has 5 heteroatoms. The molecule has 0 unspecified atom stereocenters. The molecule has 0 aliphatic carbocycles. The summed E-state index contributed by atoms with van der Waals surface area (Å²) in [5, 5.41) is 2.78. The Morgan fingerprint density at radius 2 is 1.84 bits per heavy atom. The van der Waals surface area contributed by atoms with Crippen molar-refractivity contribution in [3.05, 3.63) is 51.8 Å². The number of nitrogens with one attached hydrogen (secondary N) is 2. The van der Waals surface area contributed by atoms with Crippen LogP contribution in [-0.2, 0) is 0 Å². The van der Waals surface area contributed by atoms with Gasteiger partial charge in [-0.3, -0.25) is 9.59 Å². The fourth-order valence-electron chi connectivity index (χ4n) is 1.64. The number of aromatic amines is 1. The zero-order valence-corrected chi connectivity index (χ0v) is 12.2. The molecular weight excluding hydrogens is 308 g/mol. The largest absolute Gasteiger partial charge is 0.348 e. The van der Waals surface area contributed by atoms with Gasteiger partial charge in [0.25, 0.3) is 5.91 Å². The molecule has 0 saturated heterocycles. The number of amides is 1. The third-order valence-electron chi connectivity index (χ3n) is 2.68. The van der Waals surface area contributed by atoms with Crippen LogP contribution in [-0.4, -0.2) is 16.7 Å². The molecule has 1 aromatic carbocycles. The molecule has 0 fully saturated rings. The van der Waals surface area contributed by atoms with Gasteiger partial charge in [0.15, 0.2) is 5.78 Å². The van der Waals surface area contributed by atoms with Gasteiger partial charge >= 0.3 is 0 Å². The van der Waals surface area contributed by atoms with Gasteiger partial charge in [0.1, 0.15) is 5.69 Å². The molecule has 1 heterocycles. The van der Waals surface area contributed by atoms with Gasteiger partial charge in [-0.25, -0.2) is 0 Å². The lowest BCUT2D eigenvalue weighted by Gasteiger charge is -2.07. The third-order valence-corrected chi connectivity index (χ3v) is 3.34. The number of aryl methyl sites for hydroxylation is 1. The number of carbonyl (C=O) groups excluding carboxylic acids is 2. The molecule has 2 rings (SSSR count). The number of carbonyl (C=O) groups is 2. The zero-order chi connectivity index (χ0) is 14.0. The monoisotopic (exact) mass is 320 g/mol. The van der Waals surface area contributed by atoms with Crippen LogP contribution in [0.1, 0.15) is 33.5 Å². The van der Waals surface area contributed by atoms with E-state index in [0.29, 0.717) is 17.1 Å². The Kier molecular flexibility index (Phi) is 3.85.